The molecule has 3 rings (SSSR count). The van der Waals surface area contributed by atoms with Crippen molar-refractivity contribution in [2.45, 2.75) is 20.3 Å². The maximum absolute atomic E-state index is 13.5. The Hall–Kier alpha value is -1.63. The molecule has 0 saturated carbocycles. The van der Waals surface area contributed by atoms with Crippen molar-refractivity contribution >= 4 is 40.4 Å². The van der Waals surface area contributed by atoms with Gasteiger partial charge in [-0.05, 0) is 38.1 Å². The van der Waals surface area contributed by atoms with Crippen LogP contribution in [0, 0.1) is 0 Å². The largest absolute Gasteiger partial charge is 0.477 e. The zero-order valence-electron chi connectivity index (χ0n) is 13.9. The fraction of sp³-hybridized carbons (Fsp3) is 0.375. The molecule has 0 fully saturated rings. The molecule has 1 aromatic rings. The van der Waals surface area contributed by atoms with Gasteiger partial charge in [0.25, 0.3) is 7.37 Å². The Morgan fingerprint density at radius 2 is 2.04 bits per heavy atom. The standard InChI is InChI=1S/C16H18BrN2O5P/c1-3-22-16(20)14-18-19(12-7-5-11(17)6-8-12)15-13(9-10-23-15)25(14,21)24-4-2/h5-8H,3-4,9-10H2,1-2H3. The summed E-state index contributed by atoms with van der Waals surface area (Å²) in [6.45, 7) is 4.11. The van der Waals surface area contributed by atoms with Crippen molar-refractivity contribution in [3.05, 3.63) is 39.9 Å². The van der Waals surface area contributed by atoms with Crippen LogP contribution >= 0.6 is 23.3 Å². The third-order valence-corrected chi connectivity index (χ3v) is 6.79. The summed E-state index contributed by atoms with van der Waals surface area (Å²) in [5.41, 5.74) is 0.477. The third kappa shape index (κ3) is 3.26. The number of rotatable bonds is 5. The summed E-state index contributed by atoms with van der Waals surface area (Å²) in [5.74, 6) is -0.369. The molecule has 0 aliphatic carbocycles. The van der Waals surface area contributed by atoms with E-state index in [-0.39, 0.29) is 18.7 Å². The number of hydrogen-bond donors (Lipinski definition) is 0. The Morgan fingerprint density at radius 1 is 1.32 bits per heavy atom. The number of halogens is 1. The van der Waals surface area contributed by atoms with Gasteiger partial charge in [0.2, 0.25) is 11.3 Å². The number of carbonyl (C=O) groups excluding carboxylic acids is 1. The van der Waals surface area contributed by atoms with E-state index in [2.05, 4.69) is 21.0 Å². The fourth-order valence-electron chi connectivity index (χ4n) is 2.65. The third-order valence-electron chi connectivity index (χ3n) is 3.69. The maximum atomic E-state index is 13.5. The highest BCUT2D eigenvalue weighted by atomic mass is 79.9. The Balaban J connectivity index is 2.12. The van der Waals surface area contributed by atoms with Gasteiger partial charge in [-0.1, -0.05) is 15.9 Å². The first-order valence-corrected chi connectivity index (χ1v) is 10.4. The lowest BCUT2D eigenvalue weighted by atomic mass is 10.3. The topological polar surface area (TPSA) is 77.4 Å². The second kappa shape index (κ2) is 7.32. The molecule has 1 atom stereocenters. The summed E-state index contributed by atoms with van der Waals surface area (Å²) in [7, 11) is -3.60. The second-order valence-electron chi connectivity index (χ2n) is 5.25. The number of benzene rings is 1. The summed E-state index contributed by atoms with van der Waals surface area (Å²) < 4.78 is 30.6. The van der Waals surface area contributed by atoms with Crippen molar-refractivity contribution in [1.82, 2.24) is 0 Å². The first kappa shape index (κ1) is 18.2. The smallest absolute Gasteiger partial charge is 0.365 e. The van der Waals surface area contributed by atoms with Crippen LogP contribution < -0.4 is 5.01 Å². The summed E-state index contributed by atoms with van der Waals surface area (Å²) >= 11 is 3.38. The highest BCUT2D eigenvalue weighted by Gasteiger charge is 2.49. The average molecular weight is 429 g/mol. The summed E-state index contributed by atoms with van der Waals surface area (Å²) in [5, 5.41) is 6.25. The van der Waals surface area contributed by atoms with E-state index in [1.54, 1.807) is 13.8 Å². The van der Waals surface area contributed by atoms with E-state index in [4.69, 9.17) is 14.0 Å². The molecule has 2 aliphatic rings. The minimum absolute atomic E-state index is 0.157. The molecule has 2 aliphatic heterocycles. The van der Waals surface area contributed by atoms with Gasteiger partial charge in [0.15, 0.2) is 0 Å². The van der Waals surface area contributed by atoms with Crippen molar-refractivity contribution in [3.63, 3.8) is 0 Å². The molecule has 0 amide bonds. The zero-order valence-corrected chi connectivity index (χ0v) is 16.4. The zero-order chi connectivity index (χ0) is 18.0. The van der Waals surface area contributed by atoms with E-state index in [1.807, 2.05) is 24.3 Å². The summed E-state index contributed by atoms with van der Waals surface area (Å²) in [6, 6.07) is 7.33. The lowest BCUT2D eigenvalue weighted by Crippen LogP contribution is -2.30. The van der Waals surface area contributed by atoms with Crippen LogP contribution in [-0.4, -0.2) is 31.2 Å². The van der Waals surface area contributed by atoms with E-state index < -0.39 is 13.3 Å². The molecule has 0 aromatic heterocycles. The van der Waals surface area contributed by atoms with Crippen LogP contribution in [0.15, 0.2) is 45.0 Å². The van der Waals surface area contributed by atoms with Crippen LogP contribution in [-0.2, 0) is 23.4 Å². The molecule has 1 unspecified atom stereocenters. The van der Waals surface area contributed by atoms with E-state index in [0.29, 0.717) is 29.9 Å². The van der Waals surface area contributed by atoms with Crippen molar-refractivity contribution in [2.24, 2.45) is 5.10 Å². The van der Waals surface area contributed by atoms with Crippen LogP contribution in [0.2, 0.25) is 0 Å². The van der Waals surface area contributed by atoms with Gasteiger partial charge in [-0.2, -0.15) is 10.1 Å². The van der Waals surface area contributed by atoms with Crippen LogP contribution in [0.1, 0.15) is 20.3 Å². The molecule has 1 aromatic carbocycles. The summed E-state index contributed by atoms with van der Waals surface area (Å²) in [6.07, 6.45) is 0.415. The molecule has 2 heterocycles. The molecule has 25 heavy (non-hydrogen) atoms. The summed E-state index contributed by atoms with van der Waals surface area (Å²) in [4.78, 5) is 12.4. The predicted octanol–water partition coefficient (Wildman–Crippen LogP) is 4.05. The molecule has 0 spiro atoms. The van der Waals surface area contributed by atoms with Gasteiger partial charge < -0.3 is 14.0 Å². The van der Waals surface area contributed by atoms with Crippen LogP contribution in [0.25, 0.3) is 0 Å². The number of anilines is 1. The van der Waals surface area contributed by atoms with E-state index >= 15 is 0 Å². The molecule has 7 nitrogen and oxygen atoms in total. The van der Waals surface area contributed by atoms with E-state index in [9.17, 15) is 9.36 Å². The van der Waals surface area contributed by atoms with E-state index in [1.165, 1.54) is 5.01 Å². The normalized spacial score (nSPS) is 22.4. The minimum Gasteiger partial charge on any atom is -0.477 e. The first-order chi connectivity index (χ1) is 12.0. The van der Waals surface area contributed by atoms with E-state index in [0.717, 1.165) is 4.47 Å². The number of esters is 1. The highest BCUT2D eigenvalue weighted by molar-refractivity contribution is 9.10. The predicted molar refractivity (Wildman–Crippen MR) is 97.5 cm³/mol. The maximum Gasteiger partial charge on any atom is 0.365 e. The van der Waals surface area contributed by atoms with Crippen molar-refractivity contribution in [1.29, 1.82) is 0 Å². The molecular weight excluding hydrogens is 411 g/mol. The fourth-order valence-corrected chi connectivity index (χ4v) is 5.12. The molecule has 134 valence electrons. The Labute approximate surface area is 154 Å². The molecule has 0 N–H and O–H groups in total. The van der Waals surface area contributed by atoms with Crippen molar-refractivity contribution < 1.29 is 23.4 Å². The Morgan fingerprint density at radius 3 is 2.68 bits per heavy atom. The number of nitrogens with zero attached hydrogens (tertiary/aromatic N) is 2. The number of hydrogen-bond acceptors (Lipinski definition) is 7. The lowest BCUT2D eigenvalue weighted by molar-refractivity contribution is -0.134. The number of hydrazone groups is 1. The molecule has 0 bridgehead atoms. The van der Waals surface area contributed by atoms with Crippen molar-refractivity contribution in [2.75, 3.05) is 24.8 Å². The molecule has 9 heteroatoms. The SMILES string of the molecule is CCOC(=O)C1=NN(c2ccc(Br)cc2)C2=C(CCO2)P1(=O)OCC. The molecule has 0 radical (unpaired) electrons. The van der Waals surface area contributed by atoms with Gasteiger partial charge in [0, 0.05) is 10.9 Å². The van der Waals surface area contributed by atoms with Gasteiger partial charge in [0.1, 0.15) is 0 Å². The number of carbonyl (C=O) groups is 1. The molecule has 0 saturated heterocycles. The lowest BCUT2D eigenvalue weighted by Gasteiger charge is -2.29. The van der Waals surface area contributed by atoms with Gasteiger partial charge in [-0.25, -0.2) is 4.79 Å². The second-order valence-corrected chi connectivity index (χ2v) is 8.49. The first-order valence-electron chi connectivity index (χ1n) is 7.94. The monoisotopic (exact) mass is 428 g/mol. The Kier molecular flexibility index (Phi) is 5.32. The quantitative estimate of drug-likeness (QED) is 0.519. The van der Waals surface area contributed by atoms with Crippen LogP contribution in [0.3, 0.4) is 0 Å². The Bertz CT molecular complexity index is 790. The average Bonchev–Trinajstić information content (AvgIpc) is 3.07. The minimum atomic E-state index is -3.60. The van der Waals surface area contributed by atoms with Gasteiger partial charge in [0.05, 0.1) is 30.8 Å². The van der Waals surface area contributed by atoms with Gasteiger partial charge in [-0.3, -0.25) is 4.57 Å². The van der Waals surface area contributed by atoms with Crippen LogP contribution in [0.5, 0.6) is 0 Å². The number of ether oxygens (including phenoxy) is 2. The van der Waals surface area contributed by atoms with Gasteiger partial charge >= 0.3 is 5.97 Å². The van der Waals surface area contributed by atoms with Crippen molar-refractivity contribution in [3.8, 4) is 0 Å². The van der Waals surface area contributed by atoms with Crippen LogP contribution in [0.4, 0.5) is 5.69 Å². The highest BCUT2D eigenvalue weighted by Crippen LogP contribution is 2.63. The van der Waals surface area contributed by atoms with Gasteiger partial charge in [-0.15, -0.1) is 0 Å². The molecular formula is C16H18BrN2O5P.